The second-order valence-electron chi connectivity index (χ2n) is 3.64. The van der Waals surface area contributed by atoms with Gasteiger partial charge in [0.05, 0.1) is 12.0 Å². The Kier molecular flexibility index (Phi) is 3.85. The van der Waals surface area contributed by atoms with Crippen LogP contribution in [0, 0.1) is 0 Å². The van der Waals surface area contributed by atoms with Gasteiger partial charge >= 0.3 is 0 Å². The van der Waals surface area contributed by atoms with Crippen molar-refractivity contribution in [3.8, 4) is 0 Å². The molecule has 84 valence electrons. The lowest BCUT2D eigenvalue weighted by Gasteiger charge is -2.16. The molecule has 0 radical (unpaired) electrons. The van der Waals surface area contributed by atoms with E-state index >= 15 is 0 Å². The van der Waals surface area contributed by atoms with Gasteiger partial charge in [0.2, 0.25) is 5.91 Å². The quantitative estimate of drug-likeness (QED) is 0.781. The van der Waals surface area contributed by atoms with Crippen LogP contribution in [-0.4, -0.2) is 34.0 Å². The van der Waals surface area contributed by atoms with Gasteiger partial charge in [-0.25, -0.2) is 4.98 Å². The molecule has 0 aromatic carbocycles. The molecule has 1 aromatic heterocycles. The minimum atomic E-state index is -0.104. The number of nitrogens with two attached hydrogens (primary N) is 1. The highest BCUT2D eigenvalue weighted by molar-refractivity contribution is 5.75. The van der Waals surface area contributed by atoms with Crippen molar-refractivity contribution in [3.63, 3.8) is 0 Å². The molecule has 1 amide bonds. The summed E-state index contributed by atoms with van der Waals surface area (Å²) in [7, 11) is 1.78. The van der Waals surface area contributed by atoms with Crippen LogP contribution in [0.2, 0.25) is 0 Å². The first-order valence-electron chi connectivity index (χ1n) is 5.05. The summed E-state index contributed by atoms with van der Waals surface area (Å²) in [6, 6.07) is -0.104. The van der Waals surface area contributed by atoms with Crippen molar-refractivity contribution in [1.29, 1.82) is 0 Å². The molecule has 1 rings (SSSR count). The Hall–Kier alpha value is -1.36. The first-order valence-corrected chi connectivity index (χ1v) is 5.05. The number of hydrogen-bond acceptors (Lipinski definition) is 3. The SMILES string of the molecule is CCN(C)C(=O)Cn1cncc1[C@@H](C)N. The second-order valence-corrected chi connectivity index (χ2v) is 3.64. The van der Waals surface area contributed by atoms with Crippen LogP contribution in [0.5, 0.6) is 0 Å². The summed E-state index contributed by atoms with van der Waals surface area (Å²) in [5, 5.41) is 0. The van der Waals surface area contributed by atoms with E-state index < -0.39 is 0 Å². The van der Waals surface area contributed by atoms with Crippen LogP contribution < -0.4 is 5.73 Å². The van der Waals surface area contributed by atoms with Gasteiger partial charge in [0.1, 0.15) is 6.54 Å². The molecule has 0 aliphatic carbocycles. The van der Waals surface area contributed by atoms with E-state index in [1.807, 2.05) is 13.8 Å². The van der Waals surface area contributed by atoms with E-state index in [0.717, 1.165) is 5.69 Å². The summed E-state index contributed by atoms with van der Waals surface area (Å²) < 4.78 is 1.79. The van der Waals surface area contributed by atoms with Gasteiger partial charge in [0, 0.05) is 25.8 Å². The van der Waals surface area contributed by atoms with Gasteiger partial charge in [0.25, 0.3) is 0 Å². The summed E-state index contributed by atoms with van der Waals surface area (Å²) in [5.41, 5.74) is 6.64. The van der Waals surface area contributed by atoms with Gasteiger partial charge in [-0.15, -0.1) is 0 Å². The molecule has 0 saturated heterocycles. The zero-order chi connectivity index (χ0) is 11.4. The predicted molar refractivity (Wildman–Crippen MR) is 58.1 cm³/mol. The Morgan fingerprint density at radius 1 is 1.73 bits per heavy atom. The molecule has 1 aromatic rings. The Labute approximate surface area is 89.9 Å². The van der Waals surface area contributed by atoms with E-state index in [4.69, 9.17) is 5.73 Å². The molecule has 0 spiro atoms. The summed E-state index contributed by atoms with van der Waals surface area (Å²) in [5.74, 6) is 0.0670. The summed E-state index contributed by atoms with van der Waals surface area (Å²) in [6.07, 6.45) is 3.34. The van der Waals surface area contributed by atoms with Crippen LogP contribution in [0.3, 0.4) is 0 Å². The van der Waals surface area contributed by atoms with Crippen LogP contribution in [-0.2, 0) is 11.3 Å². The topological polar surface area (TPSA) is 64.2 Å². The third kappa shape index (κ3) is 2.79. The normalized spacial score (nSPS) is 12.5. The number of amides is 1. The minimum Gasteiger partial charge on any atom is -0.344 e. The fourth-order valence-corrected chi connectivity index (χ4v) is 1.29. The van der Waals surface area contributed by atoms with Crippen molar-refractivity contribution in [2.45, 2.75) is 26.4 Å². The lowest BCUT2D eigenvalue weighted by molar-refractivity contribution is -0.130. The fraction of sp³-hybridized carbons (Fsp3) is 0.600. The van der Waals surface area contributed by atoms with Crippen molar-refractivity contribution in [2.24, 2.45) is 5.73 Å². The van der Waals surface area contributed by atoms with Crippen LogP contribution in [0.15, 0.2) is 12.5 Å². The molecule has 0 fully saturated rings. The highest BCUT2D eigenvalue weighted by Gasteiger charge is 2.12. The standard InChI is InChI=1S/C10H18N4O/c1-4-13(3)10(15)6-14-7-12-5-9(14)8(2)11/h5,7-8H,4,6,11H2,1-3H3/t8-/m1/s1. The molecular formula is C10H18N4O. The largest absolute Gasteiger partial charge is 0.344 e. The van der Waals surface area contributed by atoms with E-state index in [0.29, 0.717) is 13.1 Å². The lowest BCUT2D eigenvalue weighted by Crippen LogP contribution is -2.30. The monoisotopic (exact) mass is 210 g/mol. The minimum absolute atomic E-state index is 0.0670. The third-order valence-electron chi connectivity index (χ3n) is 2.42. The van der Waals surface area contributed by atoms with Gasteiger partial charge in [-0.05, 0) is 13.8 Å². The molecule has 2 N–H and O–H groups in total. The number of hydrogen-bond donors (Lipinski definition) is 1. The highest BCUT2D eigenvalue weighted by atomic mass is 16.2. The maximum Gasteiger partial charge on any atom is 0.242 e. The fourth-order valence-electron chi connectivity index (χ4n) is 1.29. The van der Waals surface area contributed by atoms with E-state index in [1.54, 1.807) is 29.0 Å². The molecule has 0 saturated carbocycles. The smallest absolute Gasteiger partial charge is 0.242 e. The van der Waals surface area contributed by atoms with Crippen molar-refractivity contribution < 1.29 is 4.79 Å². The maximum atomic E-state index is 11.7. The third-order valence-corrected chi connectivity index (χ3v) is 2.42. The Morgan fingerprint density at radius 3 is 2.93 bits per heavy atom. The van der Waals surface area contributed by atoms with Crippen LogP contribution in [0.25, 0.3) is 0 Å². The van der Waals surface area contributed by atoms with E-state index in [-0.39, 0.29) is 11.9 Å². The number of carbonyl (C=O) groups excluding carboxylic acids is 1. The number of carbonyl (C=O) groups is 1. The van der Waals surface area contributed by atoms with Crippen molar-refractivity contribution in [1.82, 2.24) is 14.5 Å². The zero-order valence-corrected chi connectivity index (χ0v) is 9.47. The maximum absolute atomic E-state index is 11.7. The van der Waals surface area contributed by atoms with Gasteiger partial charge in [-0.2, -0.15) is 0 Å². The lowest BCUT2D eigenvalue weighted by atomic mass is 10.3. The summed E-state index contributed by atoms with van der Waals surface area (Å²) in [4.78, 5) is 17.3. The highest BCUT2D eigenvalue weighted by Crippen LogP contribution is 2.08. The van der Waals surface area contributed by atoms with Gasteiger partial charge in [0.15, 0.2) is 0 Å². The average molecular weight is 210 g/mol. The van der Waals surface area contributed by atoms with Crippen LogP contribution >= 0.6 is 0 Å². The first kappa shape index (κ1) is 11.7. The average Bonchev–Trinajstić information content (AvgIpc) is 2.64. The van der Waals surface area contributed by atoms with Crippen LogP contribution in [0.1, 0.15) is 25.6 Å². The second kappa shape index (κ2) is 4.93. The zero-order valence-electron chi connectivity index (χ0n) is 9.47. The van der Waals surface area contributed by atoms with E-state index in [9.17, 15) is 4.79 Å². The van der Waals surface area contributed by atoms with E-state index in [2.05, 4.69) is 4.98 Å². The van der Waals surface area contributed by atoms with Crippen molar-refractivity contribution in [3.05, 3.63) is 18.2 Å². The number of rotatable bonds is 4. The molecule has 5 nitrogen and oxygen atoms in total. The molecule has 0 aliphatic rings. The molecule has 15 heavy (non-hydrogen) atoms. The Bertz CT molecular complexity index is 332. The number of likely N-dealkylation sites (N-methyl/N-ethyl adjacent to an activating group) is 1. The first-order chi connectivity index (χ1) is 7.06. The Balaban J connectivity index is 2.72. The number of imidazole rings is 1. The molecule has 1 atom stereocenters. The van der Waals surface area contributed by atoms with Crippen molar-refractivity contribution in [2.75, 3.05) is 13.6 Å². The molecule has 1 heterocycles. The summed E-state index contributed by atoms with van der Waals surface area (Å²) >= 11 is 0. The molecule has 0 aliphatic heterocycles. The van der Waals surface area contributed by atoms with Crippen LogP contribution in [0.4, 0.5) is 0 Å². The molecule has 0 bridgehead atoms. The predicted octanol–water partition coefficient (Wildman–Crippen LogP) is 0.381. The molecular weight excluding hydrogens is 192 g/mol. The van der Waals surface area contributed by atoms with E-state index in [1.165, 1.54) is 0 Å². The number of aromatic nitrogens is 2. The molecule has 0 unspecified atom stereocenters. The van der Waals surface area contributed by atoms with Gasteiger partial charge < -0.3 is 15.2 Å². The Morgan fingerprint density at radius 2 is 2.40 bits per heavy atom. The van der Waals surface area contributed by atoms with Gasteiger partial charge in [-0.3, -0.25) is 4.79 Å². The van der Waals surface area contributed by atoms with Gasteiger partial charge in [-0.1, -0.05) is 0 Å². The summed E-state index contributed by atoms with van der Waals surface area (Å²) in [6.45, 7) is 4.84. The number of nitrogens with zero attached hydrogens (tertiary/aromatic N) is 3. The van der Waals surface area contributed by atoms with Crippen molar-refractivity contribution >= 4 is 5.91 Å². The molecule has 5 heteroatoms.